The molecule has 0 unspecified atom stereocenters. The minimum atomic E-state index is -0.692. The van der Waals surface area contributed by atoms with E-state index in [1.165, 1.54) is 26.7 Å². The van der Waals surface area contributed by atoms with Gasteiger partial charge in [0.05, 0.1) is 82.2 Å². The molecule has 43 heavy (non-hydrogen) atoms. The van der Waals surface area contributed by atoms with Crippen molar-refractivity contribution >= 4 is 55.7 Å². The molecule has 0 aliphatic carbocycles. The number of nitrogens with zero attached hydrogens (tertiary/aromatic N) is 4. The van der Waals surface area contributed by atoms with E-state index in [2.05, 4.69) is 9.97 Å². The van der Waals surface area contributed by atoms with E-state index < -0.39 is 23.1 Å². The maximum absolute atomic E-state index is 12.3. The van der Waals surface area contributed by atoms with E-state index >= 15 is 0 Å². The molecule has 14 nitrogen and oxygen atoms in total. The summed E-state index contributed by atoms with van der Waals surface area (Å²) in [5.74, 6) is -1.19. The fraction of sp³-hybridized carbons (Fsp3) is 0.214. The second-order valence-electron chi connectivity index (χ2n) is 9.31. The summed E-state index contributed by atoms with van der Waals surface area (Å²) < 4.78 is 20.7. The van der Waals surface area contributed by atoms with Crippen LogP contribution < -0.4 is 11.1 Å². The van der Waals surface area contributed by atoms with Gasteiger partial charge in [-0.1, -0.05) is 0 Å². The Labute approximate surface area is 253 Å². The van der Waals surface area contributed by atoms with E-state index in [0.29, 0.717) is 53.8 Å². The molecule has 0 aromatic carbocycles. The van der Waals surface area contributed by atoms with Crippen LogP contribution in [-0.4, -0.2) is 56.0 Å². The Morgan fingerprint density at radius 3 is 1.35 bits per heavy atom. The normalized spacial score (nSPS) is 10.9. The van der Waals surface area contributed by atoms with E-state index in [4.69, 9.17) is 18.3 Å². The topological polar surface area (TPSA) is 189 Å². The molecule has 0 aliphatic rings. The van der Waals surface area contributed by atoms with Crippen LogP contribution in [-0.2, 0) is 29.0 Å². The molecule has 0 spiro atoms. The van der Waals surface area contributed by atoms with Crippen LogP contribution in [0, 0.1) is 27.7 Å². The van der Waals surface area contributed by atoms with Crippen LogP contribution in [0.1, 0.15) is 43.5 Å². The van der Waals surface area contributed by atoms with Gasteiger partial charge in [-0.25, -0.2) is 9.59 Å². The van der Waals surface area contributed by atoms with Crippen molar-refractivity contribution < 1.29 is 57.8 Å². The minimum absolute atomic E-state index is 0. The Hall–Kier alpha value is -5.04. The number of rotatable bonds is 2. The molecule has 0 saturated carbocycles. The quantitative estimate of drug-likeness (QED) is 0.159. The summed E-state index contributed by atoms with van der Waals surface area (Å²) in [4.78, 5) is 57.1. The smallest absolute Gasteiger partial charge is 0.340 e. The number of pyridine rings is 4. The van der Waals surface area contributed by atoms with E-state index in [-0.39, 0.29) is 52.8 Å². The van der Waals surface area contributed by atoms with Gasteiger partial charge in [-0.15, -0.1) is 9.46 Å². The standard InChI is InChI=1S/2C14H12N2O5.Zn/c2*1-6-9-11(10(7(2)15-6)14(18)20-3)8-4-5-21-13(8)16(19)12(9)17;/h2*4-5,19H,1-3H3;. The second kappa shape index (κ2) is 11.3. The van der Waals surface area contributed by atoms with Gasteiger partial charge in [0.2, 0.25) is 11.4 Å². The molecule has 0 saturated heterocycles. The van der Waals surface area contributed by atoms with E-state index in [0.717, 1.165) is 0 Å². The molecule has 6 aromatic heterocycles. The van der Waals surface area contributed by atoms with Crippen molar-refractivity contribution in [1.29, 1.82) is 0 Å². The SMILES string of the molecule is COC(=O)c1c(C)nc(C)c2c(=O)n(O)c3occc3c12.COC(=O)c1c(C)nc(C)c2c(=O)n(O)c3occc3c12.[Zn]. The van der Waals surface area contributed by atoms with Gasteiger partial charge in [-0.05, 0) is 39.8 Å². The average Bonchev–Trinajstić information content (AvgIpc) is 3.64. The zero-order chi connectivity index (χ0) is 30.6. The Morgan fingerprint density at radius 1 is 0.674 bits per heavy atom. The van der Waals surface area contributed by atoms with Gasteiger partial charge in [-0.3, -0.25) is 19.6 Å². The monoisotopic (exact) mass is 640 g/mol. The molecule has 0 bridgehead atoms. The summed E-state index contributed by atoms with van der Waals surface area (Å²) in [6, 6.07) is 3.16. The van der Waals surface area contributed by atoms with Gasteiger partial charge in [0.25, 0.3) is 11.1 Å². The molecule has 0 aliphatic heterocycles. The van der Waals surface area contributed by atoms with Gasteiger partial charge in [-0.2, -0.15) is 0 Å². The van der Waals surface area contributed by atoms with Crippen LogP contribution >= 0.6 is 0 Å². The molecule has 6 heterocycles. The van der Waals surface area contributed by atoms with Crippen LogP contribution in [0.2, 0.25) is 0 Å². The number of methoxy groups -OCH3 is 2. The van der Waals surface area contributed by atoms with Crippen LogP contribution in [0.15, 0.2) is 43.1 Å². The van der Waals surface area contributed by atoms with Crippen molar-refractivity contribution in [3.05, 3.63) is 79.3 Å². The van der Waals surface area contributed by atoms with Crippen molar-refractivity contribution in [3.63, 3.8) is 0 Å². The molecule has 0 atom stereocenters. The van der Waals surface area contributed by atoms with Crippen LogP contribution in [0.4, 0.5) is 0 Å². The van der Waals surface area contributed by atoms with Gasteiger partial charge >= 0.3 is 11.9 Å². The first-order valence-electron chi connectivity index (χ1n) is 12.4. The first-order valence-corrected chi connectivity index (χ1v) is 12.4. The second-order valence-corrected chi connectivity index (χ2v) is 9.31. The Morgan fingerprint density at radius 2 is 1.02 bits per heavy atom. The molecule has 0 amide bonds. The number of carbonyl (C=O) groups excluding carboxylic acids is 2. The first kappa shape index (κ1) is 30.9. The van der Waals surface area contributed by atoms with E-state index in [1.54, 1.807) is 39.8 Å². The third-order valence-corrected chi connectivity index (χ3v) is 6.92. The summed E-state index contributed by atoms with van der Waals surface area (Å²) in [6.07, 6.45) is 2.67. The van der Waals surface area contributed by atoms with Crippen LogP contribution in [0.5, 0.6) is 0 Å². The molecule has 218 valence electrons. The summed E-state index contributed by atoms with van der Waals surface area (Å²) in [6.45, 7) is 6.61. The third-order valence-electron chi connectivity index (χ3n) is 6.92. The minimum Gasteiger partial charge on any atom is -0.465 e. The maximum atomic E-state index is 12.3. The number of aromatic nitrogens is 4. The third kappa shape index (κ3) is 4.61. The Kier molecular flexibility index (Phi) is 8.14. The van der Waals surface area contributed by atoms with E-state index in [1.807, 2.05) is 0 Å². The molecule has 6 aromatic rings. The summed E-state index contributed by atoms with van der Waals surface area (Å²) >= 11 is 0. The van der Waals surface area contributed by atoms with Crippen molar-refractivity contribution in [1.82, 2.24) is 19.4 Å². The largest absolute Gasteiger partial charge is 0.465 e. The van der Waals surface area contributed by atoms with Crippen molar-refractivity contribution in [2.75, 3.05) is 14.2 Å². The van der Waals surface area contributed by atoms with Gasteiger partial charge in [0, 0.05) is 30.3 Å². The predicted octanol–water partition coefficient (Wildman–Crippen LogP) is 3.56. The van der Waals surface area contributed by atoms with Crippen LogP contribution in [0.25, 0.3) is 43.7 Å². The molecule has 0 radical (unpaired) electrons. The molecule has 2 N–H and O–H groups in total. The number of fused-ring (bicyclic) bond motifs is 6. The van der Waals surface area contributed by atoms with Crippen molar-refractivity contribution in [3.8, 4) is 0 Å². The summed E-state index contributed by atoms with van der Waals surface area (Å²) in [5.41, 5.74) is 0.700. The molecule has 15 heteroatoms. The maximum Gasteiger partial charge on any atom is 0.340 e. The number of aryl methyl sites for hydroxylation is 4. The zero-order valence-electron chi connectivity index (χ0n) is 24.0. The molecule has 0 fully saturated rings. The summed E-state index contributed by atoms with van der Waals surface area (Å²) in [5, 5.41) is 21.8. The fourth-order valence-corrected chi connectivity index (χ4v) is 5.17. The van der Waals surface area contributed by atoms with Gasteiger partial charge in [0.15, 0.2) is 0 Å². The Bertz CT molecular complexity index is 2070. The number of carbonyl (C=O) groups is 2. The number of ether oxygens (including phenoxy) is 2. The van der Waals surface area contributed by atoms with Crippen molar-refractivity contribution in [2.24, 2.45) is 0 Å². The number of hydrogen-bond donors (Lipinski definition) is 2. The summed E-state index contributed by atoms with van der Waals surface area (Å²) in [7, 11) is 2.51. The number of esters is 2. The molecular weight excluding hydrogens is 618 g/mol. The molecule has 6 rings (SSSR count). The Balaban J connectivity index is 0.000000192. The number of furan rings is 2. The van der Waals surface area contributed by atoms with Gasteiger partial charge in [0.1, 0.15) is 0 Å². The fourth-order valence-electron chi connectivity index (χ4n) is 5.17. The van der Waals surface area contributed by atoms with Crippen molar-refractivity contribution in [2.45, 2.75) is 27.7 Å². The first-order chi connectivity index (χ1) is 19.9. The molecular formula is C28H24N4O10Zn. The van der Waals surface area contributed by atoms with Gasteiger partial charge < -0.3 is 28.7 Å². The number of hydrogen-bond acceptors (Lipinski definition) is 12. The van der Waals surface area contributed by atoms with E-state index in [9.17, 15) is 29.6 Å². The average molecular weight is 642 g/mol. The zero-order valence-corrected chi connectivity index (χ0v) is 26.9. The van der Waals surface area contributed by atoms with Crippen LogP contribution in [0.3, 0.4) is 0 Å². The predicted molar refractivity (Wildman–Crippen MR) is 148 cm³/mol.